The summed E-state index contributed by atoms with van der Waals surface area (Å²) in [6, 6.07) is 16.5. The number of carbonyl (C=O) groups is 1. The van der Waals surface area contributed by atoms with E-state index in [1.807, 2.05) is 42.6 Å². The molecule has 1 unspecified atom stereocenters. The fraction of sp³-hybridized carbons (Fsp3) is 0.292. The van der Waals surface area contributed by atoms with Gasteiger partial charge in [-0.05, 0) is 73.7 Å². The molecule has 0 radical (unpaired) electrons. The Morgan fingerprint density at radius 2 is 1.79 bits per heavy atom. The van der Waals surface area contributed by atoms with Crippen LogP contribution < -0.4 is 14.9 Å². The summed E-state index contributed by atoms with van der Waals surface area (Å²) in [6.45, 7) is 7.98. The SMILES string of the molecule is CCN(CC)c1ccc(NC(=O)OC(c2ccc(NS(C)(=O)=O)cc2)c2cccs2)c(C)c1. The Bertz CT molecular complexity index is 1170. The van der Waals surface area contributed by atoms with Crippen molar-refractivity contribution in [1.82, 2.24) is 0 Å². The number of amides is 1. The van der Waals surface area contributed by atoms with Crippen LogP contribution in [0, 0.1) is 6.92 Å². The summed E-state index contributed by atoms with van der Waals surface area (Å²) in [4.78, 5) is 15.9. The van der Waals surface area contributed by atoms with Gasteiger partial charge in [0, 0.05) is 35.0 Å². The Morgan fingerprint density at radius 3 is 2.33 bits per heavy atom. The van der Waals surface area contributed by atoms with Gasteiger partial charge in [0.25, 0.3) is 0 Å². The minimum atomic E-state index is -3.37. The zero-order chi connectivity index (χ0) is 24.0. The maximum Gasteiger partial charge on any atom is 0.412 e. The Morgan fingerprint density at radius 1 is 1.09 bits per heavy atom. The van der Waals surface area contributed by atoms with Crippen LogP contribution in [0.15, 0.2) is 60.0 Å². The molecular formula is C24H29N3O4S2. The molecule has 1 amide bonds. The second kappa shape index (κ2) is 10.7. The minimum Gasteiger partial charge on any atom is -0.435 e. The molecule has 1 aromatic heterocycles. The van der Waals surface area contributed by atoms with Crippen LogP contribution in [0.2, 0.25) is 0 Å². The summed E-state index contributed by atoms with van der Waals surface area (Å²) < 4.78 is 31.2. The van der Waals surface area contributed by atoms with Crippen LogP contribution in [0.5, 0.6) is 0 Å². The van der Waals surface area contributed by atoms with Crippen LogP contribution in [-0.2, 0) is 14.8 Å². The van der Waals surface area contributed by atoms with Crippen molar-refractivity contribution in [2.75, 3.05) is 34.3 Å². The minimum absolute atomic E-state index is 0.444. The van der Waals surface area contributed by atoms with E-state index in [4.69, 9.17) is 4.74 Å². The van der Waals surface area contributed by atoms with Gasteiger partial charge in [-0.25, -0.2) is 13.2 Å². The van der Waals surface area contributed by atoms with Gasteiger partial charge in [-0.2, -0.15) is 0 Å². The summed E-state index contributed by atoms with van der Waals surface area (Å²) in [6.07, 6.45) is -0.0859. The highest BCUT2D eigenvalue weighted by Gasteiger charge is 2.21. The second-order valence-electron chi connectivity index (χ2n) is 7.59. The first-order chi connectivity index (χ1) is 15.7. The zero-order valence-electron chi connectivity index (χ0n) is 19.2. The van der Waals surface area contributed by atoms with Crippen molar-refractivity contribution in [3.63, 3.8) is 0 Å². The van der Waals surface area contributed by atoms with E-state index < -0.39 is 22.2 Å². The van der Waals surface area contributed by atoms with Gasteiger partial charge in [0.15, 0.2) is 6.10 Å². The van der Waals surface area contributed by atoms with Crippen LogP contribution in [0.3, 0.4) is 0 Å². The highest BCUT2D eigenvalue weighted by Crippen LogP contribution is 2.31. The van der Waals surface area contributed by atoms with Crippen molar-refractivity contribution in [2.24, 2.45) is 0 Å². The molecule has 176 valence electrons. The van der Waals surface area contributed by atoms with E-state index in [1.165, 1.54) is 11.3 Å². The number of benzene rings is 2. The molecule has 2 aromatic carbocycles. The average molecular weight is 488 g/mol. The molecule has 1 heterocycles. The first-order valence-corrected chi connectivity index (χ1v) is 13.4. The van der Waals surface area contributed by atoms with Crippen LogP contribution in [-0.4, -0.2) is 33.9 Å². The Hall–Kier alpha value is -3.04. The highest BCUT2D eigenvalue weighted by atomic mass is 32.2. The van der Waals surface area contributed by atoms with Gasteiger partial charge in [-0.3, -0.25) is 10.0 Å². The molecule has 0 aliphatic carbocycles. The summed E-state index contributed by atoms with van der Waals surface area (Å²) in [5.74, 6) is 0. The molecule has 3 rings (SSSR count). The predicted molar refractivity (Wildman–Crippen MR) is 136 cm³/mol. The molecule has 3 aromatic rings. The van der Waals surface area contributed by atoms with Gasteiger partial charge in [0.2, 0.25) is 10.0 Å². The molecule has 7 nitrogen and oxygen atoms in total. The van der Waals surface area contributed by atoms with E-state index in [0.29, 0.717) is 11.4 Å². The van der Waals surface area contributed by atoms with Gasteiger partial charge in [0.1, 0.15) is 0 Å². The topological polar surface area (TPSA) is 87.7 Å². The molecular weight excluding hydrogens is 458 g/mol. The lowest BCUT2D eigenvalue weighted by atomic mass is 10.1. The van der Waals surface area contributed by atoms with Crippen LogP contribution >= 0.6 is 11.3 Å². The number of thiophene rings is 1. The summed E-state index contributed by atoms with van der Waals surface area (Å²) in [7, 11) is -3.37. The maximum absolute atomic E-state index is 12.8. The number of ether oxygens (including phenoxy) is 1. The monoisotopic (exact) mass is 487 g/mol. The van der Waals surface area contributed by atoms with Crippen LogP contribution in [0.4, 0.5) is 21.9 Å². The van der Waals surface area contributed by atoms with Gasteiger partial charge < -0.3 is 9.64 Å². The Labute approximate surface area is 199 Å². The molecule has 9 heteroatoms. The standard InChI is InChI=1S/C24H29N3O4S2/c1-5-27(6-2)20-13-14-21(17(3)16-20)25-24(28)31-23(22-8-7-15-32-22)18-9-11-19(12-10-18)26-33(4,29)30/h7-16,23,26H,5-6H2,1-4H3,(H,25,28). The third-order valence-corrected chi connectivity index (χ3v) is 6.64. The van der Waals surface area contributed by atoms with Crippen molar-refractivity contribution in [3.8, 4) is 0 Å². The Kier molecular flexibility index (Phi) is 7.99. The van der Waals surface area contributed by atoms with Crippen LogP contribution in [0.1, 0.15) is 36.0 Å². The molecule has 0 bridgehead atoms. The fourth-order valence-corrected chi connectivity index (χ4v) is 4.83. The summed E-state index contributed by atoms with van der Waals surface area (Å²) >= 11 is 1.48. The lowest BCUT2D eigenvalue weighted by molar-refractivity contribution is 0.132. The number of rotatable bonds is 9. The van der Waals surface area contributed by atoms with E-state index in [9.17, 15) is 13.2 Å². The highest BCUT2D eigenvalue weighted by molar-refractivity contribution is 7.92. The van der Waals surface area contributed by atoms with E-state index in [-0.39, 0.29) is 0 Å². The Balaban J connectivity index is 1.77. The maximum atomic E-state index is 12.8. The zero-order valence-corrected chi connectivity index (χ0v) is 20.8. The number of nitrogens with zero attached hydrogens (tertiary/aromatic N) is 1. The number of carbonyl (C=O) groups excluding carboxylic acids is 1. The third kappa shape index (κ3) is 6.72. The van der Waals surface area contributed by atoms with E-state index in [1.54, 1.807) is 24.3 Å². The molecule has 0 aliphatic heterocycles. The van der Waals surface area contributed by atoms with E-state index in [2.05, 4.69) is 28.8 Å². The van der Waals surface area contributed by atoms with Crippen molar-refractivity contribution in [3.05, 3.63) is 76.0 Å². The lowest BCUT2D eigenvalue weighted by Gasteiger charge is -2.22. The van der Waals surface area contributed by atoms with Crippen molar-refractivity contribution >= 4 is 44.5 Å². The summed E-state index contributed by atoms with van der Waals surface area (Å²) in [5.41, 5.74) is 3.92. The number of hydrogen-bond acceptors (Lipinski definition) is 6. The molecule has 1 atom stereocenters. The number of nitrogens with one attached hydrogen (secondary N) is 2. The molecule has 0 saturated carbocycles. The lowest BCUT2D eigenvalue weighted by Crippen LogP contribution is -2.22. The van der Waals surface area contributed by atoms with Gasteiger partial charge in [-0.15, -0.1) is 11.3 Å². The van der Waals surface area contributed by atoms with Crippen molar-refractivity contribution in [1.29, 1.82) is 0 Å². The first kappa shape index (κ1) is 24.6. The van der Waals surface area contributed by atoms with Crippen LogP contribution in [0.25, 0.3) is 0 Å². The molecule has 0 saturated heterocycles. The third-order valence-electron chi connectivity index (χ3n) is 5.12. The average Bonchev–Trinajstić information content (AvgIpc) is 3.29. The molecule has 0 aliphatic rings. The molecule has 0 fully saturated rings. The quantitative estimate of drug-likeness (QED) is 0.409. The number of aryl methyl sites for hydroxylation is 1. The smallest absolute Gasteiger partial charge is 0.412 e. The first-order valence-electron chi connectivity index (χ1n) is 10.6. The molecule has 2 N–H and O–H groups in total. The number of hydrogen-bond donors (Lipinski definition) is 2. The van der Waals surface area contributed by atoms with Gasteiger partial charge >= 0.3 is 6.09 Å². The molecule has 0 spiro atoms. The number of sulfonamides is 1. The fourth-order valence-electron chi connectivity index (χ4n) is 3.49. The number of anilines is 3. The normalized spacial score (nSPS) is 12.1. The van der Waals surface area contributed by atoms with E-state index >= 15 is 0 Å². The molecule has 33 heavy (non-hydrogen) atoms. The van der Waals surface area contributed by atoms with E-state index in [0.717, 1.165) is 41.0 Å². The second-order valence-corrected chi connectivity index (χ2v) is 10.3. The predicted octanol–water partition coefficient (Wildman–Crippen LogP) is 5.61. The van der Waals surface area contributed by atoms with Gasteiger partial charge in [-0.1, -0.05) is 18.2 Å². The van der Waals surface area contributed by atoms with Crippen molar-refractivity contribution in [2.45, 2.75) is 26.9 Å². The van der Waals surface area contributed by atoms with Gasteiger partial charge in [0.05, 0.1) is 6.26 Å². The largest absolute Gasteiger partial charge is 0.435 e. The van der Waals surface area contributed by atoms with Crippen molar-refractivity contribution < 1.29 is 17.9 Å². The summed E-state index contributed by atoms with van der Waals surface area (Å²) in [5, 5.41) is 4.77.